The highest BCUT2D eigenvalue weighted by Gasteiger charge is 2.60. The van der Waals surface area contributed by atoms with Gasteiger partial charge in [0.1, 0.15) is 5.78 Å². The molecule has 4 rings (SSSR count). The summed E-state index contributed by atoms with van der Waals surface area (Å²) in [6.45, 7) is 6.89. The topological polar surface area (TPSA) is 43.1 Å². The number of hydrogen-bond acceptors (Lipinski definition) is 2. The lowest BCUT2D eigenvalue weighted by Crippen LogP contribution is -2.54. The van der Waals surface area contributed by atoms with Gasteiger partial charge in [-0.2, -0.15) is 0 Å². The molecule has 0 heterocycles. The lowest BCUT2D eigenvalue weighted by molar-refractivity contribution is -0.134. The molecule has 24 heavy (non-hydrogen) atoms. The Morgan fingerprint density at radius 3 is 2.29 bits per heavy atom. The number of nitrogens with two attached hydrogens (primary N) is 1. The molecule has 0 spiro atoms. The van der Waals surface area contributed by atoms with Crippen LogP contribution in [0.2, 0.25) is 0 Å². The number of carbonyl (C=O) groups is 1. The molecule has 2 N–H and O–H groups in total. The average Bonchev–Trinajstić information content (AvgIpc) is 2.85. The summed E-state index contributed by atoms with van der Waals surface area (Å²) in [5.41, 5.74) is 7.13. The maximum Gasteiger partial charge on any atom is 0.133 e. The zero-order valence-electron chi connectivity index (χ0n) is 15.7. The maximum atomic E-state index is 12.2. The molecule has 4 aliphatic rings. The monoisotopic (exact) mass is 353 g/mol. The van der Waals surface area contributed by atoms with Crippen molar-refractivity contribution in [2.45, 2.75) is 84.6 Å². The maximum absolute atomic E-state index is 12.2. The molecular formula is C21H36ClNO. The SMILES string of the molecule is CC(=O)[C@H]1CC[C@H]2[C@@H]3CC[C@@H]4C[C@H](N)CC[C@]4(C)[C@H]3CC[C@]12C.Cl. The van der Waals surface area contributed by atoms with Crippen LogP contribution in [0.3, 0.4) is 0 Å². The molecular weight excluding hydrogens is 318 g/mol. The van der Waals surface area contributed by atoms with Crippen LogP contribution in [-0.2, 0) is 4.79 Å². The Bertz CT molecular complexity index is 508. The Kier molecular flexibility index (Phi) is 4.88. The molecule has 4 aliphatic carbocycles. The van der Waals surface area contributed by atoms with Crippen LogP contribution in [-0.4, -0.2) is 11.8 Å². The molecule has 2 nitrogen and oxygen atoms in total. The highest BCUT2D eigenvalue weighted by Crippen LogP contribution is 2.67. The third-order valence-corrected chi connectivity index (χ3v) is 9.20. The van der Waals surface area contributed by atoms with E-state index in [-0.39, 0.29) is 12.4 Å². The smallest absolute Gasteiger partial charge is 0.133 e. The van der Waals surface area contributed by atoms with Crippen LogP contribution in [0.5, 0.6) is 0 Å². The van der Waals surface area contributed by atoms with E-state index < -0.39 is 0 Å². The van der Waals surface area contributed by atoms with E-state index in [4.69, 9.17) is 5.73 Å². The minimum Gasteiger partial charge on any atom is -0.328 e. The summed E-state index contributed by atoms with van der Waals surface area (Å²) >= 11 is 0. The fourth-order valence-electron chi connectivity index (χ4n) is 7.96. The molecule has 0 amide bonds. The number of hydrogen-bond donors (Lipinski definition) is 1. The number of halogens is 1. The largest absolute Gasteiger partial charge is 0.328 e. The number of fused-ring (bicyclic) bond motifs is 5. The van der Waals surface area contributed by atoms with E-state index in [2.05, 4.69) is 13.8 Å². The Morgan fingerprint density at radius 1 is 0.917 bits per heavy atom. The van der Waals surface area contributed by atoms with Gasteiger partial charge in [-0.25, -0.2) is 0 Å². The first-order chi connectivity index (χ1) is 10.9. The lowest BCUT2D eigenvalue weighted by Gasteiger charge is -2.61. The number of rotatable bonds is 1. The van der Waals surface area contributed by atoms with Crippen molar-refractivity contribution in [3.8, 4) is 0 Å². The fourth-order valence-corrected chi connectivity index (χ4v) is 7.96. The molecule has 8 atom stereocenters. The molecule has 138 valence electrons. The van der Waals surface area contributed by atoms with Crippen LogP contribution in [0.1, 0.15) is 78.6 Å². The molecule has 0 aromatic carbocycles. The molecule has 0 aliphatic heterocycles. The van der Waals surface area contributed by atoms with Gasteiger partial charge >= 0.3 is 0 Å². The van der Waals surface area contributed by atoms with Crippen molar-refractivity contribution in [3.63, 3.8) is 0 Å². The normalized spacial score (nSPS) is 53.3. The van der Waals surface area contributed by atoms with Gasteiger partial charge in [0, 0.05) is 12.0 Å². The summed E-state index contributed by atoms with van der Waals surface area (Å²) in [6.07, 6.45) is 11.8. The molecule has 0 unspecified atom stereocenters. The van der Waals surface area contributed by atoms with E-state index in [1.54, 1.807) is 0 Å². The predicted molar refractivity (Wildman–Crippen MR) is 101 cm³/mol. The molecule has 4 fully saturated rings. The highest BCUT2D eigenvalue weighted by atomic mass is 35.5. The van der Waals surface area contributed by atoms with E-state index in [9.17, 15) is 4.79 Å². The van der Waals surface area contributed by atoms with Crippen LogP contribution in [0.25, 0.3) is 0 Å². The molecule has 0 saturated heterocycles. The molecule has 0 aromatic heterocycles. The number of ketones is 1. The Balaban J connectivity index is 0.00000169. The standard InChI is InChI=1S/C21H35NO.ClH/c1-13(23)17-6-7-18-16-5-4-14-12-15(22)8-10-20(14,2)19(16)9-11-21(17,18)3;/h14-19H,4-12,22H2,1-3H3;1H/t14-,15-,16+,17-,18+,19+,20+,21-;/m1./s1. The minimum absolute atomic E-state index is 0. The Hall–Kier alpha value is -0.0800. The quantitative estimate of drug-likeness (QED) is 0.722. The Labute approximate surface area is 154 Å². The summed E-state index contributed by atoms with van der Waals surface area (Å²) in [5.74, 6) is 4.26. The number of Topliss-reactive ketones (excluding diaryl/α,β-unsaturated/α-hetero) is 1. The van der Waals surface area contributed by atoms with Crippen LogP contribution < -0.4 is 5.73 Å². The van der Waals surface area contributed by atoms with Crippen molar-refractivity contribution in [1.82, 2.24) is 0 Å². The molecule has 0 aromatic rings. The first kappa shape index (κ1) is 18.7. The zero-order chi connectivity index (χ0) is 16.4. The fraction of sp³-hybridized carbons (Fsp3) is 0.952. The van der Waals surface area contributed by atoms with E-state index in [0.29, 0.717) is 28.6 Å². The third-order valence-electron chi connectivity index (χ3n) is 9.20. The highest BCUT2D eigenvalue weighted by molar-refractivity contribution is 5.85. The summed E-state index contributed by atoms with van der Waals surface area (Å²) in [4.78, 5) is 12.2. The molecule has 0 radical (unpaired) electrons. The van der Waals surface area contributed by atoms with Crippen molar-refractivity contribution in [2.24, 2.45) is 46.2 Å². The first-order valence-electron chi connectivity index (χ1n) is 10.1. The van der Waals surface area contributed by atoms with Crippen LogP contribution >= 0.6 is 12.4 Å². The summed E-state index contributed by atoms with van der Waals surface area (Å²) < 4.78 is 0. The molecule has 0 bridgehead atoms. The Morgan fingerprint density at radius 2 is 1.58 bits per heavy atom. The van der Waals surface area contributed by atoms with Crippen molar-refractivity contribution >= 4 is 18.2 Å². The van der Waals surface area contributed by atoms with Gasteiger partial charge in [0.15, 0.2) is 0 Å². The second-order valence-electron chi connectivity index (χ2n) is 9.98. The van der Waals surface area contributed by atoms with Crippen molar-refractivity contribution in [2.75, 3.05) is 0 Å². The van der Waals surface area contributed by atoms with Crippen molar-refractivity contribution < 1.29 is 4.79 Å². The number of carbonyl (C=O) groups excluding carboxylic acids is 1. The van der Waals surface area contributed by atoms with Gasteiger partial charge in [-0.1, -0.05) is 13.8 Å². The van der Waals surface area contributed by atoms with Gasteiger partial charge in [0.05, 0.1) is 0 Å². The van der Waals surface area contributed by atoms with Crippen molar-refractivity contribution in [3.05, 3.63) is 0 Å². The lowest BCUT2D eigenvalue weighted by atomic mass is 9.44. The third kappa shape index (κ3) is 2.50. The van der Waals surface area contributed by atoms with E-state index in [0.717, 1.165) is 30.1 Å². The van der Waals surface area contributed by atoms with Gasteiger partial charge in [-0.05, 0) is 99.2 Å². The van der Waals surface area contributed by atoms with E-state index in [1.807, 2.05) is 6.92 Å². The summed E-state index contributed by atoms with van der Waals surface area (Å²) in [5, 5.41) is 0. The van der Waals surface area contributed by atoms with Gasteiger partial charge in [-0.3, -0.25) is 4.79 Å². The second kappa shape index (κ2) is 6.27. The predicted octanol–water partition coefficient (Wildman–Crippen LogP) is 4.98. The van der Waals surface area contributed by atoms with Gasteiger partial charge in [-0.15, -0.1) is 12.4 Å². The zero-order valence-corrected chi connectivity index (χ0v) is 16.5. The van der Waals surface area contributed by atoms with Gasteiger partial charge < -0.3 is 5.73 Å². The van der Waals surface area contributed by atoms with Crippen LogP contribution in [0.4, 0.5) is 0 Å². The summed E-state index contributed by atoms with van der Waals surface area (Å²) in [7, 11) is 0. The minimum atomic E-state index is 0. The second-order valence-corrected chi connectivity index (χ2v) is 9.98. The van der Waals surface area contributed by atoms with Crippen LogP contribution in [0.15, 0.2) is 0 Å². The van der Waals surface area contributed by atoms with E-state index >= 15 is 0 Å². The van der Waals surface area contributed by atoms with Crippen LogP contribution in [0, 0.1) is 40.4 Å². The van der Waals surface area contributed by atoms with Gasteiger partial charge in [0.2, 0.25) is 0 Å². The molecule has 3 heteroatoms. The van der Waals surface area contributed by atoms with Gasteiger partial charge in [0.25, 0.3) is 0 Å². The van der Waals surface area contributed by atoms with Crippen molar-refractivity contribution in [1.29, 1.82) is 0 Å². The van der Waals surface area contributed by atoms with E-state index in [1.165, 1.54) is 51.4 Å². The first-order valence-corrected chi connectivity index (χ1v) is 10.1. The molecule has 4 saturated carbocycles. The average molecular weight is 354 g/mol. The summed E-state index contributed by atoms with van der Waals surface area (Å²) in [6, 6.07) is 0.451.